The van der Waals surface area contributed by atoms with E-state index in [2.05, 4.69) is 20.8 Å². The standard InChI is InChI=1S/C28H44O8/c1-15-19(7-11-27(4)20(8-12-28(15,27)33)17-13-21(29)34-14-17)26(3)9-5-18(6-10-26)36-25-24(32)23(31)22(30)16(2)35-25/h13,15-16,18-20,22-25,30-33H,5-12,14H2,1-4H3/t15-,16?,18?,19?,20-,22?,23+,24+,25?,26?,27?,28+/m1/s1. The maximum atomic E-state index is 12.2. The molecule has 8 heteroatoms. The number of hydrogen-bond donors (Lipinski definition) is 4. The van der Waals surface area contributed by atoms with Crippen molar-refractivity contribution in [2.45, 2.75) is 121 Å². The van der Waals surface area contributed by atoms with Gasteiger partial charge in [0.2, 0.25) is 0 Å². The van der Waals surface area contributed by atoms with Crippen molar-refractivity contribution in [1.82, 2.24) is 0 Å². The smallest absolute Gasteiger partial charge is 0.331 e. The van der Waals surface area contributed by atoms with E-state index >= 15 is 0 Å². The maximum Gasteiger partial charge on any atom is 0.331 e. The Morgan fingerprint density at radius 3 is 2.28 bits per heavy atom. The zero-order chi connectivity index (χ0) is 26.0. The number of cyclic esters (lactones) is 1. The first kappa shape index (κ1) is 26.6. The Kier molecular flexibility index (Phi) is 6.87. The first-order chi connectivity index (χ1) is 16.9. The highest BCUT2D eigenvalue weighted by Gasteiger charge is 2.64. The molecular formula is C28H44O8. The van der Waals surface area contributed by atoms with E-state index in [1.165, 1.54) is 0 Å². The molecule has 8 nitrogen and oxygen atoms in total. The maximum absolute atomic E-state index is 12.2. The number of aliphatic hydroxyl groups is 4. The molecule has 0 aromatic carbocycles. The van der Waals surface area contributed by atoms with Crippen molar-refractivity contribution in [2.24, 2.45) is 28.6 Å². The summed E-state index contributed by atoms with van der Waals surface area (Å²) in [6, 6.07) is 0. The Labute approximate surface area is 214 Å². The molecule has 0 bridgehead atoms. The third-order valence-electron chi connectivity index (χ3n) is 11.1. The van der Waals surface area contributed by atoms with Gasteiger partial charge in [-0.1, -0.05) is 20.8 Å². The lowest BCUT2D eigenvalue weighted by Crippen LogP contribution is -2.59. The van der Waals surface area contributed by atoms with E-state index in [0.717, 1.165) is 56.9 Å². The molecule has 3 aliphatic carbocycles. The van der Waals surface area contributed by atoms with Crippen molar-refractivity contribution in [3.05, 3.63) is 11.6 Å². The summed E-state index contributed by atoms with van der Waals surface area (Å²) in [6.45, 7) is 8.82. The molecule has 5 aliphatic rings. The number of fused-ring (bicyclic) bond motifs is 1. The van der Waals surface area contributed by atoms with Gasteiger partial charge in [-0.2, -0.15) is 0 Å². The Balaban J connectivity index is 1.23. The van der Waals surface area contributed by atoms with E-state index < -0.39 is 36.3 Å². The van der Waals surface area contributed by atoms with Crippen LogP contribution in [0.15, 0.2) is 11.6 Å². The Bertz CT molecular complexity index is 881. The number of hydrogen-bond acceptors (Lipinski definition) is 8. The van der Waals surface area contributed by atoms with Crippen molar-refractivity contribution in [3.8, 4) is 0 Å². The van der Waals surface area contributed by atoms with E-state index in [1.54, 1.807) is 13.0 Å². The summed E-state index contributed by atoms with van der Waals surface area (Å²) >= 11 is 0. The molecule has 4 N–H and O–H groups in total. The highest BCUT2D eigenvalue weighted by Crippen LogP contribution is 2.66. The van der Waals surface area contributed by atoms with Crippen molar-refractivity contribution >= 4 is 5.97 Å². The topological polar surface area (TPSA) is 126 Å². The van der Waals surface area contributed by atoms with Crippen LogP contribution in [0.3, 0.4) is 0 Å². The van der Waals surface area contributed by atoms with Gasteiger partial charge in [-0.25, -0.2) is 4.79 Å². The van der Waals surface area contributed by atoms with E-state index in [-0.39, 0.29) is 34.7 Å². The molecule has 10 atom stereocenters. The Hall–Kier alpha value is -1.03. The van der Waals surface area contributed by atoms with Crippen LogP contribution in [0.4, 0.5) is 0 Å². The third-order valence-corrected chi connectivity index (χ3v) is 11.1. The molecule has 0 amide bonds. The minimum absolute atomic E-state index is 0.0785. The number of carbonyl (C=O) groups is 1. The van der Waals surface area contributed by atoms with Crippen LogP contribution in [0.1, 0.15) is 79.1 Å². The van der Waals surface area contributed by atoms with Gasteiger partial charge in [0.05, 0.1) is 17.8 Å². The number of carbonyl (C=O) groups excluding carboxylic acids is 1. The fraction of sp³-hybridized carbons (Fsp3) is 0.893. The zero-order valence-corrected chi connectivity index (χ0v) is 22.1. The summed E-state index contributed by atoms with van der Waals surface area (Å²) < 4.78 is 16.9. The minimum Gasteiger partial charge on any atom is -0.458 e. The highest BCUT2D eigenvalue weighted by molar-refractivity contribution is 5.85. The number of rotatable bonds is 4. The quantitative estimate of drug-likeness (QED) is 0.427. The van der Waals surface area contributed by atoms with Gasteiger partial charge in [-0.15, -0.1) is 0 Å². The van der Waals surface area contributed by atoms with Crippen LogP contribution in [-0.2, 0) is 19.0 Å². The number of esters is 1. The first-order valence-electron chi connectivity index (χ1n) is 13.8. The number of aliphatic hydroxyl groups excluding tert-OH is 3. The van der Waals surface area contributed by atoms with Crippen LogP contribution in [0.5, 0.6) is 0 Å². The Morgan fingerprint density at radius 2 is 1.64 bits per heavy atom. The summed E-state index contributed by atoms with van der Waals surface area (Å²) in [4.78, 5) is 11.7. The molecule has 0 aromatic heterocycles. The molecule has 4 fully saturated rings. The molecule has 0 spiro atoms. The van der Waals surface area contributed by atoms with Gasteiger partial charge in [0, 0.05) is 11.5 Å². The molecular weight excluding hydrogens is 464 g/mol. The van der Waals surface area contributed by atoms with Gasteiger partial charge in [0.15, 0.2) is 6.29 Å². The van der Waals surface area contributed by atoms with Crippen LogP contribution in [-0.4, -0.2) is 75.4 Å². The van der Waals surface area contributed by atoms with Crippen LogP contribution >= 0.6 is 0 Å². The molecule has 204 valence electrons. The molecule has 36 heavy (non-hydrogen) atoms. The molecule has 5 unspecified atom stereocenters. The second-order valence-corrected chi connectivity index (χ2v) is 12.9. The molecule has 2 aliphatic heterocycles. The Morgan fingerprint density at radius 1 is 0.944 bits per heavy atom. The lowest BCUT2D eigenvalue weighted by Gasteiger charge is -2.58. The monoisotopic (exact) mass is 508 g/mol. The number of ether oxygens (including phenoxy) is 3. The second kappa shape index (κ2) is 9.31. The minimum atomic E-state index is -1.29. The van der Waals surface area contributed by atoms with Crippen LogP contribution in [0.25, 0.3) is 0 Å². The average molecular weight is 509 g/mol. The largest absolute Gasteiger partial charge is 0.458 e. The molecule has 2 heterocycles. The second-order valence-electron chi connectivity index (χ2n) is 12.9. The zero-order valence-electron chi connectivity index (χ0n) is 22.1. The highest BCUT2D eigenvalue weighted by atomic mass is 16.7. The van der Waals surface area contributed by atoms with Gasteiger partial charge < -0.3 is 34.6 Å². The van der Waals surface area contributed by atoms with Gasteiger partial charge in [-0.3, -0.25) is 0 Å². The summed E-state index contributed by atoms with van der Waals surface area (Å²) in [5.41, 5.74) is 0.105. The lowest BCUT2D eigenvalue weighted by atomic mass is 9.49. The summed E-state index contributed by atoms with van der Waals surface area (Å²) in [7, 11) is 0. The molecule has 0 aromatic rings. The van der Waals surface area contributed by atoms with E-state index in [4.69, 9.17) is 14.2 Å². The van der Waals surface area contributed by atoms with Crippen molar-refractivity contribution in [2.75, 3.05) is 6.61 Å². The molecule has 0 radical (unpaired) electrons. The molecule has 1 saturated heterocycles. The predicted molar refractivity (Wildman–Crippen MR) is 131 cm³/mol. The normalized spacial score (nSPS) is 53.6. The van der Waals surface area contributed by atoms with Gasteiger partial charge in [0.25, 0.3) is 0 Å². The summed E-state index contributed by atoms with van der Waals surface area (Å²) in [6.07, 6.45) is 3.50. The predicted octanol–water partition coefficient (Wildman–Crippen LogP) is 2.46. The van der Waals surface area contributed by atoms with E-state index in [0.29, 0.717) is 12.5 Å². The fourth-order valence-electron chi connectivity index (χ4n) is 8.66. The van der Waals surface area contributed by atoms with E-state index in [1.807, 2.05) is 0 Å². The fourth-order valence-corrected chi connectivity index (χ4v) is 8.66. The van der Waals surface area contributed by atoms with Gasteiger partial charge in [0.1, 0.15) is 24.9 Å². The van der Waals surface area contributed by atoms with Gasteiger partial charge >= 0.3 is 5.97 Å². The van der Waals surface area contributed by atoms with E-state index in [9.17, 15) is 25.2 Å². The van der Waals surface area contributed by atoms with Crippen LogP contribution in [0.2, 0.25) is 0 Å². The molecule has 5 rings (SSSR count). The van der Waals surface area contributed by atoms with Crippen LogP contribution < -0.4 is 0 Å². The van der Waals surface area contributed by atoms with Gasteiger partial charge in [-0.05, 0) is 87.0 Å². The SMILES string of the molecule is CC1OC(OC2CCC(C)(C3CCC4(C)[C@@H](C5=CC(=O)OC5)CC[C@]4(O)[C@@H]3C)CC2)[C@@H](O)[C@@H](O)C1O. The average Bonchev–Trinajstić information content (AvgIpc) is 3.38. The first-order valence-corrected chi connectivity index (χ1v) is 13.8. The van der Waals surface area contributed by atoms with Crippen molar-refractivity contribution in [1.29, 1.82) is 0 Å². The lowest BCUT2D eigenvalue weighted by molar-refractivity contribution is -0.307. The van der Waals surface area contributed by atoms with Crippen LogP contribution in [0, 0.1) is 28.6 Å². The van der Waals surface area contributed by atoms with Crippen molar-refractivity contribution < 1.29 is 39.4 Å². The molecule has 3 saturated carbocycles. The summed E-state index contributed by atoms with van der Waals surface area (Å²) in [5, 5.41) is 42.5. The van der Waals surface area contributed by atoms with Crippen molar-refractivity contribution in [3.63, 3.8) is 0 Å². The summed E-state index contributed by atoms with van der Waals surface area (Å²) in [5.74, 6) is 0.457. The third kappa shape index (κ3) is 4.07.